The van der Waals surface area contributed by atoms with Gasteiger partial charge in [0.05, 0.1) is 10.6 Å². The van der Waals surface area contributed by atoms with Crippen molar-refractivity contribution < 1.29 is 0 Å². The van der Waals surface area contributed by atoms with Crippen LogP contribution in [-0.4, -0.2) is 9.97 Å². The van der Waals surface area contributed by atoms with Gasteiger partial charge in [-0.1, -0.05) is 6.92 Å². The van der Waals surface area contributed by atoms with Gasteiger partial charge in [0.1, 0.15) is 16.8 Å². The summed E-state index contributed by atoms with van der Waals surface area (Å²) in [4.78, 5) is 20.1. The van der Waals surface area contributed by atoms with Crippen LogP contribution in [0, 0.1) is 11.3 Å². The average Bonchev–Trinajstić information content (AvgIpc) is 2.77. The molecule has 0 aromatic carbocycles. The molecule has 1 N–H and O–H groups in total. The van der Waals surface area contributed by atoms with Crippen LogP contribution in [0.2, 0.25) is 0 Å². The van der Waals surface area contributed by atoms with E-state index in [2.05, 4.69) is 16.0 Å². The molecular formula is C12H11N3OS. The highest BCUT2D eigenvalue weighted by atomic mass is 32.1. The van der Waals surface area contributed by atoms with Crippen LogP contribution in [0.25, 0.3) is 10.6 Å². The van der Waals surface area contributed by atoms with E-state index in [1.165, 1.54) is 17.4 Å². The van der Waals surface area contributed by atoms with Crippen LogP contribution < -0.4 is 5.56 Å². The van der Waals surface area contributed by atoms with Gasteiger partial charge in [0.25, 0.3) is 5.56 Å². The molecule has 2 heterocycles. The number of aryl methyl sites for hydroxylation is 1. The first-order valence-corrected chi connectivity index (χ1v) is 6.15. The molecule has 2 aromatic heterocycles. The summed E-state index contributed by atoms with van der Waals surface area (Å²) in [5, 5.41) is 8.76. The second-order valence-corrected chi connectivity index (χ2v) is 4.69. The van der Waals surface area contributed by atoms with Crippen molar-refractivity contribution in [3.05, 3.63) is 39.3 Å². The minimum atomic E-state index is -0.148. The number of nitrogens with zero attached hydrogens (tertiary/aromatic N) is 2. The summed E-state index contributed by atoms with van der Waals surface area (Å²) in [6.07, 6.45) is 1.68. The van der Waals surface area contributed by atoms with Crippen molar-refractivity contribution in [3.63, 3.8) is 0 Å². The lowest BCUT2D eigenvalue weighted by molar-refractivity contribution is 0.828. The molecule has 0 aliphatic rings. The van der Waals surface area contributed by atoms with Crippen LogP contribution in [0.3, 0.4) is 0 Å². The smallest absolute Gasteiger partial charge is 0.251 e. The molecule has 0 aliphatic carbocycles. The zero-order valence-corrected chi connectivity index (χ0v) is 10.2. The van der Waals surface area contributed by atoms with Gasteiger partial charge in [0.15, 0.2) is 0 Å². The summed E-state index contributed by atoms with van der Waals surface area (Å²) < 4.78 is 0. The highest BCUT2D eigenvalue weighted by molar-refractivity contribution is 7.15. The van der Waals surface area contributed by atoms with Crippen molar-refractivity contribution in [1.29, 1.82) is 5.26 Å². The summed E-state index contributed by atoms with van der Waals surface area (Å²) in [6.45, 7) is 2.03. The Bertz CT molecular complexity index is 621. The molecule has 2 aromatic rings. The van der Waals surface area contributed by atoms with E-state index in [0.29, 0.717) is 16.4 Å². The van der Waals surface area contributed by atoms with Gasteiger partial charge in [-0.2, -0.15) is 5.26 Å². The Labute approximate surface area is 103 Å². The number of H-pyrrole nitrogens is 1. The number of hydrogen-bond donors (Lipinski definition) is 1. The van der Waals surface area contributed by atoms with E-state index in [9.17, 15) is 4.79 Å². The van der Waals surface area contributed by atoms with Gasteiger partial charge < -0.3 is 4.98 Å². The quantitative estimate of drug-likeness (QED) is 0.902. The first-order valence-electron chi connectivity index (χ1n) is 5.33. The molecule has 0 spiro atoms. The molecule has 0 unspecified atom stereocenters. The third kappa shape index (κ3) is 2.60. The van der Waals surface area contributed by atoms with Gasteiger partial charge in [0.2, 0.25) is 0 Å². The maximum absolute atomic E-state index is 11.5. The Morgan fingerprint density at radius 3 is 3.00 bits per heavy atom. The van der Waals surface area contributed by atoms with Crippen molar-refractivity contribution >= 4 is 11.3 Å². The Morgan fingerprint density at radius 1 is 1.53 bits per heavy atom. The van der Waals surface area contributed by atoms with Crippen molar-refractivity contribution in [2.24, 2.45) is 0 Å². The molecule has 0 bridgehead atoms. The van der Waals surface area contributed by atoms with Crippen LogP contribution in [0.1, 0.15) is 24.0 Å². The van der Waals surface area contributed by atoms with Crippen LogP contribution in [0.5, 0.6) is 0 Å². The standard InChI is InChI=1S/C12H11N3OS/c1-2-3-11-14-9(6-12(16)15-11)10-5-4-8(7-13)17-10/h4-6H,2-3H2,1H3,(H,14,15,16). The SMILES string of the molecule is CCCc1nc(-c2ccc(C#N)s2)cc(=O)[nH]1. The number of nitriles is 1. The number of rotatable bonds is 3. The highest BCUT2D eigenvalue weighted by Gasteiger charge is 2.06. The fourth-order valence-electron chi connectivity index (χ4n) is 1.53. The number of thiophene rings is 1. The van der Waals surface area contributed by atoms with Gasteiger partial charge in [-0.05, 0) is 18.6 Å². The van der Waals surface area contributed by atoms with Crippen LogP contribution in [0.4, 0.5) is 0 Å². The number of aromatic nitrogens is 2. The molecule has 17 heavy (non-hydrogen) atoms. The molecule has 5 heteroatoms. The minimum absolute atomic E-state index is 0.148. The largest absolute Gasteiger partial charge is 0.311 e. The maximum Gasteiger partial charge on any atom is 0.251 e. The third-order valence-corrected chi connectivity index (χ3v) is 3.26. The molecular weight excluding hydrogens is 234 g/mol. The molecule has 2 rings (SSSR count). The third-order valence-electron chi connectivity index (χ3n) is 2.25. The lowest BCUT2D eigenvalue weighted by atomic mass is 10.3. The van der Waals surface area contributed by atoms with Gasteiger partial charge in [-0.15, -0.1) is 11.3 Å². The lowest BCUT2D eigenvalue weighted by Crippen LogP contribution is -2.10. The Morgan fingerprint density at radius 2 is 2.35 bits per heavy atom. The zero-order chi connectivity index (χ0) is 12.3. The van der Waals surface area contributed by atoms with Crippen molar-refractivity contribution in [2.45, 2.75) is 19.8 Å². The lowest BCUT2D eigenvalue weighted by Gasteiger charge is -2.00. The Kier molecular flexibility index (Phi) is 3.35. The van der Waals surface area contributed by atoms with Crippen LogP contribution in [-0.2, 0) is 6.42 Å². The first kappa shape index (κ1) is 11.6. The van der Waals surface area contributed by atoms with E-state index < -0.39 is 0 Å². The van der Waals surface area contributed by atoms with Crippen molar-refractivity contribution in [3.8, 4) is 16.6 Å². The van der Waals surface area contributed by atoms with E-state index in [1.54, 1.807) is 6.07 Å². The Balaban J connectivity index is 2.45. The molecule has 0 fully saturated rings. The molecule has 0 amide bonds. The van der Waals surface area contributed by atoms with E-state index in [4.69, 9.17) is 5.26 Å². The van der Waals surface area contributed by atoms with Crippen molar-refractivity contribution in [2.75, 3.05) is 0 Å². The summed E-state index contributed by atoms with van der Waals surface area (Å²) in [5.41, 5.74) is 0.494. The number of nitrogens with one attached hydrogen (secondary N) is 1. The average molecular weight is 245 g/mol. The van der Waals surface area contributed by atoms with E-state index >= 15 is 0 Å². The van der Waals surface area contributed by atoms with E-state index in [0.717, 1.165) is 17.7 Å². The maximum atomic E-state index is 11.5. The first-order chi connectivity index (χ1) is 8.22. The van der Waals surface area contributed by atoms with Crippen LogP contribution in [0.15, 0.2) is 23.0 Å². The summed E-state index contributed by atoms with van der Waals surface area (Å²) in [7, 11) is 0. The molecule has 4 nitrogen and oxygen atoms in total. The second kappa shape index (κ2) is 4.93. The molecule has 0 radical (unpaired) electrons. The van der Waals surface area contributed by atoms with Gasteiger partial charge in [-0.25, -0.2) is 4.98 Å². The minimum Gasteiger partial charge on any atom is -0.311 e. The Hall–Kier alpha value is -1.93. The molecule has 0 aliphatic heterocycles. The topological polar surface area (TPSA) is 69.5 Å². The normalized spacial score (nSPS) is 10.1. The molecule has 0 saturated heterocycles. The summed E-state index contributed by atoms with van der Waals surface area (Å²) >= 11 is 1.35. The second-order valence-electron chi connectivity index (χ2n) is 3.60. The monoisotopic (exact) mass is 245 g/mol. The van der Waals surface area contributed by atoms with Gasteiger partial charge in [-0.3, -0.25) is 4.79 Å². The van der Waals surface area contributed by atoms with Gasteiger partial charge in [0, 0.05) is 12.5 Å². The summed E-state index contributed by atoms with van der Waals surface area (Å²) in [5.74, 6) is 0.696. The number of aromatic amines is 1. The predicted molar refractivity (Wildman–Crippen MR) is 66.9 cm³/mol. The van der Waals surface area contributed by atoms with Crippen LogP contribution >= 0.6 is 11.3 Å². The molecule has 0 atom stereocenters. The van der Waals surface area contributed by atoms with E-state index in [-0.39, 0.29) is 5.56 Å². The fourth-order valence-corrected chi connectivity index (χ4v) is 2.29. The zero-order valence-electron chi connectivity index (χ0n) is 9.36. The van der Waals surface area contributed by atoms with Crippen molar-refractivity contribution in [1.82, 2.24) is 9.97 Å². The van der Waals surface area contributed by atoms with E-state index in [1.807, 2.05) is 13.0 Å². The fraction of sp³-hybridized carbons (Fsp3) is 0.250. The predicted octanol–water partition coefficient (Wildman–Crippen LogP) is 2.32. The molecule has 0 saturated carbocycles. The molecule has 86 valence electrons. The number of hydrogen-bond acceptors (Lipinski definition) is 4. The summed E-state index contributed by atoms with van der Waals surface area (Å²) in [6, 6.07) is 7.10. The van der Waals surface area contributed by atoms with Gasteiger partial charge >= 0.3 is 0 Å². The highest BCUT2D eigenvalue weighted by Crippen LogP contribution is 2.25.